The Hall–Kier alpha value is -0.780. The van der Waals surface area contributed by atoms with Gasteiger partial charge in [0.15, 0.2) is 0 Å². The molecule has 89 valence electrons. The van der Waals surface area contributed by atoms with Gasteiger partial charge in [-0.1, -0.05) is 63.8 Å². The third-order valence-electron chi connectivity index (χ3n) is 3.01. The summed E-state index contributed by atoms with van der Waals surface area (Å²) in [6.45, 7) is 4.50. The van der Waals surface area contributed by atoms with Gasteiger partial charge in [-0.15, -0.1) is 0 Å². The standard InChI is InChI=1S/C16H25/c1-3-5-7-8-12-16-14-10-9-13-15(16)11-6-4-2/h9-11,13-14H,3-8,12H2,1-2H3. The van der Waals surface area contributed by atoms with Crippen LogP contribution in [-0.4, -0.2) is 0 Å². The molecule has 0 spiro atoms. The van der Waals surface area contributed by atoms with Crippen LogP contribution in [0.1, 0.15) is 63.5 Å². The fourth-order valence-corrected chi connectivity index (χ4v) is 2.00. The van der Waals surface area contributed by atoms with Crippen molar-refractivity contribution < 1.29 is 0 Å². The van der Waals surface area contributed by atoms with Gasteiger partial charge in [0.1, 0.15) is 0 Å². The lowest BCUT2D eigenvalue weighted by Crippen LogP contribution is -1.93. The summed E-state index contributed by atoms with van der Waals surface area (Å²) in [5.41, 5.74) is 2.99. The first kappa shape index (κ1) is 13.3. The van der Waals surface area contributed by atoms with E-state index in [9.17, 15) is 0 Å². The van der Waals surface area contributed by atoms with Crippen LogP contribution >= 0.6 is 0 Å². The quantitative estimate of drug-likeness (QED) is 0.527. The van der Waals surface area contributed by atoms with E-state index in [-0.39, 0.29) is 0 Å². The molecule has 0 aliphatic carbocycles. The molecule has 0 heterocycles. The molecule has 1 aromatic carbocycles. The monoisotopic (exact) mass is 217 g/mol. The maximum Gasteiger partial charge on any atom is -0.00904 e. The molecule has 16 heavy (non-hydrogen) atoms. The second-order valence-electron chi connectivity index (χ2n) is 4.50. The molecule has 0 heteroatoms. The molecule has 0 amide bonds. The number of hydrogen-bond donors (Lipinski definition) is 0. The minimum atomic E-state index is 1.20. The second-order valence-corrected chi connectivity index (χ2v) is 4.50. The third-order valence-corrected chi connectivity index (χ3v) is 3.01. The first-order valence-electron chi connectivity index (χ1n) is 6.79. The second kappa shape index (κ2) is 8.38. The SMILES string of the molecule is CCC[CH]c1ccccc1CCCCCC. The molecule has 0 fully saturated rings. The van der Waals surface area contributed by atoms with Crippen LogP contribution in [0.2, 0.25) is 0 Å². The van der Waals surface area contributed by atoms with Crippen LogP contribution in [0, 0.1) is 6.42 Å². The van der Waals surface area contributed by atoms with E-state index in [4.69, 9.17) is 0 Å². The molecule has 0 aromatic heterocycles. The van der Waals surface area contributed by atoms with Crippen molar-refractivity contribution >= 4 is 0 Å². The summed E-state index contributed by atoms with van der Waals surface area (Å²) < 4.78 is 0. The lowest BCUT2D eigenvalue weighted by molar-refractivity contribution is 0.665. The highest BCUT2D eigenvalue weighted by Crippen LogP contribution is 2.16. The van der Waals surface area contributed by atoms with Crippen LogP contribution in [0.4, 0.5) is 0 Å². The van der Waals surface area contributed by atoms with E-state index in [0.717, 1.165) is 0 Å². The van der Waals surface area contributed by atoms with E-state index in [0.29, 0.717) is 0 Å². The first-order chi connectivity index (χ1) is 7.88. The maximum atomic E-state index is 2.38. The summed E-state index contributed by atoms with van der Waals surface area (Å²) in [5.74, 6) is 0. The molecule has 0 aliphatic rings. The van der Waals surface area contributed by atoms with E-state index in [1.54, 1.807) is 0 Å². The van der Waals surface area contributed by atoms with Crippen molar-refractivity contribution in [1.29, 1.82) is 0 Å². The molecule has 1 radical (unpaired) electrons. The highest BCUT2D eigenvalue weighted by Gasteiger charge is 2.01. The molecule has 0 bridgehead atoms. The normalized spacial score (nSPS) is 10.6. The van der Waals surface area contributed by atoms with Gasteiger partial charge in [-0.05, 0) is 36.8 Å². The fraction of sp³-hybridized carbons (Fsp3) is 0.562. The topological polar surface area (TPSA) is 0 Å². The van der Waals surface area contributed by atoms with Crippen molar-refractivity contribution in [3.63, 3.8) is 0 Å². The van der Waals surface area contributed by atoms with E-state index < -0.39 is 0 Å². The number of aryl methyl sites for hydroxylation is 1. The summed E-state index contributed by atoms with van der Waals surface area (Å²) in [6, 6.07) is 8.85. The average Bonchev–Trinajstić information content (AvgIpc) is 2.33. The van der Waals surface area contributed by atoms with Crippen molar-refractivity contribution in [3.8, 4) is 0 Å². The van der Waals surface area contributed by atoms with E-state index in [1.807, 2.05) is 0 Å². The summed E-state index contributed by atoms with van der Waals surface area (Å²) in [6.07, 6.45) is 11.5. The summed E-state index contributed by atoms with van der Waals surface area (Å²) in [7, 11) is 0. The number of hydrogen-bond acceptors (Lipinski definition) is 0. The summed E-state index contributed by atoms with van der Waals surface area (Å²) >= 11 is 0. The Morgan fingerprint density at radius 1 is 0.938 bits per heavy atom. The maximum absolute atomic E-state index is 2.38. The van der Waals surface area contributed by atoms with Gasteiger partial charge in [-0.2, -0.15) is 0 Å². The lowest BCUT2D eigenvalue weighted by atomic mass is 9.97. The largest absolute Gasteiger partial charge is 0.0654 e. The van der Waals surface area contributed by atoms with E-state index >= 15 is 0 Å². The van der Waals surface area contributed by atoms with Gasteiger partial charge in [0, 0.05) is 0 Å². The van der Waals surface area contributed by atoms with Crippen LogP contribution in [0.3, 0.4) is 0 Å². The van der Waals surface area contributed by atoms with Crippen LogP contribution < -0.4 is 0 Å². The minimum Gasteiger partial charge on any atom is -0.0654 e. The predicted octanol–water partition coefficient (Wildman–Crippen LogP) is 5.16. The van der Waals surface area contributed by atoms with Gasteiger partial charge in [-0.3, -0.25) is 0 Å². The zero-order chi connectivity index (χ0) is 11.6. The van der Waals surface area contributed by atoms with E-state index in [1.165, 1.54) is 56.1 Å². The average molecular weight is 217 g/mol. The molecular weight excluding hydrogens is 192 g/mol. The lowest BCUT2D eigenvalue weighted by Gasteiger charge is -2.08. The van der Waals surface area contributed by atoms with Crippen LogP contribution in [-0.2, 0) is 6.42 Å². The third kappa shape index (κ3) is 4.83. The van der Waals surface area contributed by atoms with Crippen LogP contribution in [0.15, 0.2) is 24.3 Å². The predicted molar refractivity (Wildman–Crippen MR) is 72.6 cm³/mol. The fourth-order valence-electron chi connectivity index (χ4n) is 2.00. The highest BCUT2D eigenvalue weighted by molar-refractivity contribution is 5.32. The van der Waals surface area contributed by atoms with Gasteiger partial charge >= 0.3 is 0 Å². The zero-order valence-electron chi connectivity index (χ0n) is 10.8. The number of unbranched alkanes of at least 4 members (excludes halogenated alkanes) is 4. The van der Waals surface area contributed by atoms with Crippen molar-refractivity contribution in [2.45, 2.75) is 58.8 Å². The van der Waals surface area contributed by atoms with Gasteiger partial charge in [0.25, 0.3) is 0 Å². The Morgan fingerprint density at radius 2 is 1.75 bits per heavy atom. The molecule has 1 aromatic rings. The van der Waals surface area contributed by atoms with Crippen molar-refractivity contribution in [2.24, 2.45) is 0 Å². The number of benzene rings is 1. The Morgan fingerprint density at radius 3 is 2.50 bits per heavy atom. The molecule has 0 N–H and O–H groups in total. The molecule has 0 saturated heterocycles. The van der Waals surface area contributed by atoms with Crippen LogP contribution in [0.25, 0.3) is 0 Å². The Kier molecular flexibility index (Phi) is 6.96. The molecule has 0 atom stereocenters. The number of rotatable bonds is 8. The molecule has 0 nitrogen and oxygen atoms in total. The van der Waals surface area contributed by atoms with Crippen molar-refractivity contribution in [2.75, 3.05) is 0 Å². The van der Waals surface area contributed by atoms with Crippen LogP contribution in [0.5, 0.6) is 0 Å². The Bertz CT molecular complexity index is 275. The van der Waals surface area contributed by atoms with Crippen molar-refractivity contribution in [1.82, 2.24) is 0 Å². The zero-order valence-corrected chi connectivity index (χ0v) is 10.8. The molecule has 0 aliphatic heterocycles. The Balaban J connectivity index is 2.43. The summed E-state index contributed by atoms with van der Waals surface area (Å²) in [4.78, 5) is 0. The minimum absolute atomic E-state index is 1.20. The smallest absolute Gasteiger partial charge is 0.00904 e. The Labute approximate surface area is 101 Å². The summed E-state index contributed by atoms with van der Waals surface area (Å²) in [5, 5.41) is 0. The highest BCUT2D eigenvalue weighted by atomic mass is 14.1. The van der Waals surface area contributed by atoms with Gasteiger partial charge in [-0.25, -0.2) is 0 Å². The molecular formula is C16H25. The first-order valence-corrected chi connectivity index (χ1v) is 6.79. The van der Waals surface area contributed by atoms with Gasteiger partial charge in [0.2, 0.25) is 0 Å². The molecule has 0 unspecified atom stereocenters. The van der Waals surface area contributed by atoms with Gasteiger partial charge in [0.05, 0.1) is 0 Å². The molecule has 1 rings (SSSR count). The van der Waals surface area contributed by atoms with Gasteiger partial charge < -0.3 is 0 Å². The van der Waals surface area contributed by atoms with E-state index in [2.05, 4.69) is 44.5 Å². The molecule has 0 saturated carbocycles. The van der Waals surface area contributed by atoms with Crippen molar-refractivity contribution in [3.05, 3.63) is 41.8 Å².